The lowest BCUT2D eigenvalue weighted by Gasteiger charge is -2.31. The molecule has 1 aliphatic heterocycles. The Balaban J connectivity index is 2.01. The van der Waals surface area contributed by atoms with Crippen LogP contribution in [0.3, 0.4) is 0 Å². The number of piperidine rings is 1. The van der Waals surface area contributed by atoms with Crippen LogP contribution in [-0.2, 0) is 0 Å². The van der Waals surface area contributed by atoms with E-state index >= 15 is 0 Å². The Kier molecular flexibility index (Phi) is 4.12. The molecule has 0 N–H and O–H groups in total. The van der Waals surface area contributed by atoms with E-state index in [2.05, 4.69) is 17.4 Å². The molecule has 2 aromatic carbocycles. The first-order valence-corrected chi connectivity index (χ1v) is 7.29. The maximum Gasteiger partial charge on any atom is 0.127 e. The fraction of sp³-hybridized carbons (Fsp3) is 0.333. The summed E-state index contributed by atoms with van der Waals surface area (Å²) in [7, 11) is 0. The highest BCUT2D eigenvalue weighted by Gasteiger charge is 2.28. The third kappa shape index (κ3) is 2.75. The molecule has 0 amide bonds. The van der Waals surface area contributed by atoms with Crippen molar-refractivity contribution in [2.45, 2.75) is 18.8 Å². The molecule has 0 spiro atoms. The zero-order valence-electron chi connectivity index (χ0n) is 11.5. The summed E-state index contributed by atoms with van der Waals surface area (Å²) in [5.41, 5.74) is 2.04. The minimum atomic E-state index is -0.0936. The van der Waals surface area contributed by atoms with E-state index in [1.165, 1.54) is 5.56 Å². The monoisotopic (exact) mass is 268 g/mol. The van der Waals surface area contributed by atoms with E-state index in [-0.39, 0.29) is 11.7 Å². The molecule has 1 nitrogen and oxygen atoms in total. The van der Waals surface area contributed by atoms with Crippen molar-refractivity contribution in [3.8, 4) is 0 Å². The van der Waals surface area contributed by atoms with Gasteiger partial charge in [-0.05, 0) is 36.0 Å². The van der Waals surface area contributed by atoms with Gasteiger partial charge in [0.05, 0.1) is 0 Å². The van der Waals surface area contributed by atoms with Crippen molar-refractivity contribution in [3.63, 3.8) is 0 Å². The number of halogens is 1. The summed E-state index contributed by atoms with van der Waals surface area (Å²) in [5.74, 6) is 0.531. The van der Waals surface area contributed by atoms with E-state index in [9.17, 15) is 4.39 Å². The maximum absolute atomic E-state index is 14.3. The normalized spacial score (nSPS) is 17.9. The molecule has 2 heteroatoms. The van der Waals surface area contributed by atoms with Gasteiger partial charge in [0.2, 0.25) is 0 Å². The van der Waals surface area contributed by atoms with Crippen LogP contribution >= 0.6 is 0 Å². The second-order valence-electron chi connectivity index (χ2n) is 5.42. The van der Waals surface area contributed by atoms with Gasteiger partial charge in [-0.1, -0.05) is 48.5 Å². The Bertz CT molecular complexity index is 546. The zero-order valence-corrected chi connectivity index (χ0v) is 11.5. The highest BCUT2D eigenvalue weighted by atomic mass is 19.1. The van der Waals surface area contributed by atoms with Crippen LogP contribution in [0.25, 0.3) is 0 Å². The van der Waals surface area contributed by atoms with Crippen molar-refractivity contribution in [2.24, 2.45) is 5.92 Å². The summed E-state index contributed by atoms with van der Waals surface area (Å²) >= 11 is 0. The van der Waals surface area contributed by atoms with Crippen LogP contribution in [0.5, 0.6) is 0 Å². The molecule has 1 heterocycles. The number of nitrogens with zero attached hydrogens (tertiary/aromatic N) is 1. The third-order valence-electron chi connectivity index (χ3n) is 4.19. The van der Waals surface area contributed by atoms with Gasteiger partial charge in [-0.25, -0.2) is 9.71 Å². The van der Waals surface area contributed by atoms with Crippen molar-refractivity contribution in [1.29, 1.82) is 0 Å². The molecule has 2 aromatic rings. The molecule has 1 unspecified atom stereocenters. The van der Waals surface area contributed by atoms with Crippen molar-refractivity contribution in [2.75, 3.05) is 13.1 Å². The van der Waals surface area contributed by atoms with E-state index < -0.39 is 0 Å². The summed E-state index contributed by atoms with van der Waals surface area (Å²) in [6.07, 6.45) is 2.10. The molecule has 0 bridgehead atoms. The molecule has 1 fully saturated rings. The van der Waals surface area contributed by atoms with Crippen LogP contribution in [0.4, 0.5) is 4.39 Å². The van der Waals surface area contributed by atoms with Gasteiger partial charge >= 0.3 is 0 Å². The number of hydrogen-bond donors (Lipinski definition) is 0. The maximum atomic E-state index is 14.3. The van der Waals surface area contributed by atoms with Crippen molar-refractivity contribution in [1.82, 2.24) is 5.32 Å². The highest BCUT2D eigenvalue weighted by Crippen LogP contribution is 2.37. The minimum Gasteiger partial charge on any atom is -0.242 e. The Morgan fingerprint density at radius 1 is 0.900 bits per heavy atom. The lowest BCUT2D eigenvalue weighted by Crippen LogP contribution is -2.27. The molecule has 1 aliphatic rings. The third-order valence-corrected chi connectivity index (χ3v) is 4.19. The summed E-state index contributed by atoms with van der Waals surface area (Å²) in [6, 6.07) is 17.5. The summed E-state index contributed by atoms with van der Waals surface area (Å²) in [5, 5.41) is 4.43. The Hall–Kier alpha value is -1.67. The fourth-order valence-electron chi connectivity index (χ4n) is 3.20. The fourth-order valence-corrected chi connectivity index (χ4v) is 3.20. The lowest BCUT2D eigenvalue weighted by atomic mass is 9.76. The molecule has 1 saturated heterocycles. The Morgan fingerprint density at radius 2 is 1.55 bits per heavy atom. The van der Waals surface area contributed by atoms with Crippen LogP contribution < -0.4 is 5.32 Å². The Morgan fingerprint density at radius 3 is 2.25 bits per heavy atom. The van der Waals surface area contributed by atoms with Crippen molar-refractivity contribution in [3.05, 3.63) is 71.5 Å². The van der Waals surface area contributed by atoms with Crippen molar-refractivity contribution < 1.29 is 4.39 Å². The molecule has 20 heavy (non-hydrogen) atoms. The molecule has 1 atom stereocenters. The summed E-state index contributed by atoms with van der Waals surface area (Å²) in [4.78, 5) is 0. The molecule has 0 aromatic heterocycles. The van der Waals surface area contributed by atoms with Gasteiger partial charge in [0, 0.05) is 19.0 Å². The number of hydrogen-bond acceptors (Lipinski definition) is 0. The first kappa shape index (κ1) is 13.3. The first-order valence-electron chi connectivity index (χ1n) is 7.29. The van der Waals surface area contributed by atoms with Gasteiger partial charge in [0.25, 0.3) is 0 Å². The summed E-state index contributed by atoms with van der Waals surface area (Å²) in [6.45, 7) is 1.81. The van der Waals surface area contributed by atoms with Crippen LogP contribution in [0.2, 0.25) is 0 Å². The minimum absolute atomic E-state index is 0.0936. The molecule has 3 rings (SSSR count). The Labute approximate surface area is 119 Å². The second kappa shape index (κ2) is 6.19. The van der Waals surface area contributed by atoms with E-state index in [0.717, 1.165) is 31.5 Å². The second-order valence-corrected chi connectivity index (χ2v) is 5.42. The molecular formula is C18H19FN. The molecule has 103 valence electrons. The van der Waals surface area contributed by atoms with Gasteiger partial charge in [-0.15, -0.1) is 0 Å². The van der Waals surface area contributed by atoms with Crippen LogP contribution in [0.1, 0.15) is 29.9 Å². The molecular weight excluding hydrogens is 249 g/mol. The topological polar surface area (TPSA) is 14.1 Å². The van der Waals surface area contributed by atoms with Gasteiger partial charge in [-0.2, -0.15) is 0 Å². The largest absolute Gasteiger partial charge is 0.242 e. The van der Waals surface area contributed by atoms with E-state index in [4.69, 9.17) is 0 Å². The van der Waals surface area contributed by atoms with Gasteiger partial charge in [0.15, 0.2) is 0 Å². The molecule has 1 radical (unpaired) electrons. The van der Waals surface area contributed by atoms with Gasteiger partial charge in [-0.3, -0.25) is 0 Å². The summed E-state index contributed by atoms with van der Waals surface area (Å²) < 4.78 is 14.3. The van der Waals surface area contributed by atoms with Crippen LogP contribution in [0, 0.1) is 11.7 Å². The van der Waals surface area contributed by atoms with Crippen LogP contribution in [0.15, 0.2) is 54.6 Å². The lowest BCUT2D eigenvalue weighted by molar-refractivity contribution is 0.334. The van der Waals surface area contributed by atoms with E-state index in [1.807, 2.05) is 30.3 Å². The predicted molar refractivity (Wildman–Crippen MR) is 79.3 cm³/mol. The standard InChI is InChI=1S/C18H19FN/c19-17-9-5-4-8-16(17)18(14-6-2-1-3-7-14)15-10-12-20-13-11-15/h1-9,15,18H,10-13H2. The molecule has 0 aliphatic carbocycles. The number of benzene rings is 2. The van der Waals surface area contributed by atoms with E-state index in [0.29, 0.717) is 5.92 Å². The number of rotatable bonds is 3. The average Bonchev–Trinajstić information content (AvgIpc) is 2.52. The predicted octanol–water partition coefficient (Wildman–Crippen LogP) is 3.97. The van der Waals surface area contributed by atoms with E-state index in [1.54, 1.807) is 12.1 Å². The van der Waals surface area contributed by atoms with Gasteiger partial charge in [0.1, 0.15) is 5.82 Å². The quantitative estimate of drug-likeness (QED) is 0.799. The van der Waals surface area contributed by atoms with Gasteiger partial charge < -0.3 is 0 Å². The SMILES string of the molecule is Fc1ccccc1C(c1ccccc1)C1CC[N]CC1. The van der Waals surface area contributed by atoms with Crippen molar-refractivity contribution >= 4 is 0 Å². The highest BCUT2D eigenvalue weighted by molar-refractivity contribution is 5.34. The average molecular weight is 268 g/mol. The zero-order chi connectivity index (χ0) is 13.8. The van der Waals surface area contributed by atoms with Crippen LogP contribution in [-0.4, -0.2) is 13.1 Å². The smallest absolute Gasteiger partial charge is 0.127 e. The molecule has 0 saturated carbocycles. The first-order chi connectivity index (χ1) is 9.86.